The molecule has 0 unspecified atom stereocenters. The number of ether oxygens (including phenoxy) is 2. The monoisotopic (exact) mass is 283 g/mol. The summed E-state index contributed by atoms with van der Waals surface area (Å²) in [6, 6.07) is 0. The second-order valence-corrected chi connectivity index (χ2v) is 4.19. The summed E-state index contributed by atoms with van der Waals surface area (Å²) in [6.45, 7) is 4.32. The zero-order valence-corrected chi connectivity index (χ0v) is 11.1. The third kappa shape index (κ3) is 8.17. The Morgan fingerprint density at radius 1 is 1.00 bits per heavy atom. The van der Waals surface area contributed by atoms with Crippen molar-refractivity contribution in [2.75, 3.05) is 6.54 Å². The number of alkyl halides is 3. The molecule has 5 nitrogen and oxygen atoms in total. The summed E-state index contributed by atoms with van der Waals surface area (Å²) >= 11 is 0. The van der Waals surface area contributed by atoms with Gasteiger partial charge in [0.15, 0.2) is 0 Å². The Morgan fingerprint density at radius 2 is 1.37 bits per heavy atom. The van der Waals surface area contributed by atoms with E-state index in [1.807, 2.05) is 0 Å². The summed E-state index contributed by atoms with van der Waals surface area (Å²) in [5, 5.41) is 0. The van der Waals surface area contributed by atoms with Gasteiger partial charge in [-0.05, 0) is 27.7 Å². The van der Waals surface area contributed by atoms with E-state index in [0.29, 0.717) is 0 Å². The highest BCUT2D eigenvalue weighted by Gasteiger charge is 2.31. The number of rotatable bonds is 5. The summed E-state index contributed by atoms with van der Waals surface area (Å²) < 4.78 is 45.5. The molecule has 0 N–H and O–H groups in total. The lowest BCUT2D eigenvalue weighted by Crippen LogP contribution is -2.32. The molecule has 0 aromatic rings. The predicted octanol–water partition coefficient (Wildman–Crippen LogP) is 1.89. The quantitative estimate of drug-likeness (QED) is 0.439. The van der Waals surface area contributed by atoms with E-state index in [0.717, 1.165) is 0 Å². The van der Waals surface area contributed by atoms with E-state index in [1.165, 1.54) is 27.7 Å². The molecule has 0 saturated carbocycles. The van der Waals surface area contributed by atoms with Gasteiger partial charge in [0.05, 0.1) is 12.2 Å². The van der Waals surface area contributed by atoms with Crippen molar-refractivity contribution in [1.29, 1.82) is 0 Å². The van der Waals surface area contributed by atoms with Crippen molar-refractivity contribution in [3.63, 3.8) is 0 Å². The normalized spacial score (nSPS) is 11.4. The zero-order chi connectivity index (χ0) is 15.2. The summed E-state index contributed by atoms with van der Waals surface area (Å²) in [5.41, 5.74) is -0.986. The van der Waals surface area contributed by atoms with Gasteiger partial charge in [0, 0.05) is 0 Å². The average Bonchev–Trinajstić information content (AvgIpc) is 2.12. The maximum absolute atomic E-state index is 12.1. The highest BCUT2D eigenvalue weighted by atomic mass is 19.4. The van der Waals surface area contributed by atoms with Gasteiger partial charge in [-0.25, -0.2) is 9.59 Å². The standard InChI is InChI=1S/C11H16F3NO4/c1-6(2)18-9(16)8(10(17)19-7(3)4)15-5-11(12,13)14/h6-7H,5H2,1-4H3. The minimum Gasteiger partial charge on any atom is -0.458 e. The van der Waals surface area contributed by atoms with E-state index >= 15 is 0 Å². The van der Waals surface area contributed by atoms with Crippen LogP contribution in [-0.4, -0.2) is 42.6 Å². The van der Waals surface area contributed by atoms with Crippen LogP contribution in [0.3, 0.4) is 0 Å². The van der Waals surface area contributed by atoms with Gasteiger partial charge in [-0.2, -0.15) is 13.2 Å². The molecule has 0 heterocycles. The SMILES string of the molecule is CC(C)OC(=O)C(=NCC(F)(F)F)C(=O)OC(C)C. The maximum atomic E-state index is 12.1. The van der Waals surface area contributed by atoms with E-state index in [1.54, 1.807) is 0 Å². The Morgan fingerprint density at radius 3 is 1.63 bits per heavy atom. The van der Waals surface area contributed by atoms with E-state index in [2.05, 4.69) is 14.5 Å². The first-order chi connectivity index (χ1) is 8.53. The number of carbonyl (C=O) groups excluding carboxylic acids is 2. The van der Waals surface area contributed by atoms with Crippen molar-refractivity contribution in [3.05, 3.63) is 0 Å². The van der Waals surface area contributed by atoms with E-state index < -0.39 is 42.6 Å². The Bertz CT molecular complexity index is 337. The molecule has 0 aromatic carbocycles. The molecule has 0 fully saturated rings. The number of halogens is 3. The van der Waals surface area contributed by atoms with E-state index in [-0.39, 0.29) is 0 Å². The van der Waals surface area contributed by atoms with Crippen LogP contribution in [0, 0.1) is 0 Å². The smallest absolute Gasteiger partial charge is 0.407 e. The Labute approximate surface area is 108 Å². The molecule has 0 amide bonds. The van der Waals surface area contributed by atoms with Gasteiger partial charge < -0.3 is 9.47 Å². The average molecular weight is 283 g/mol. The lowest BCUT2D eigenvalue weighted by atomic mass is 10.3. The number of aliphatic imine (C=N–C) groups is 1. The van der Waals surface area contributed by atoms with Crippen LogP contribution in [0.2, 0.25) is 0 Å². The summed E-state index contributed by atoms with van der Waals surface area (Å²) in [5.74, 6) is -2.46. The van der Waals surface area contributed by atoms with Crippen LogP contribution in [0.15, 0.2) is 4.99 Å². The van der Waals surface area contributed by atoms with Gasteiger partial charge in [-0.3, -0.25) is 4.99 Å². The van der Waals surface area contributed by atoms with E-state index in [4.69, 9.17) is 0 Å². The second-order valence-electron chi connectivity index (χ2n) is 4.19. The first kappa shape index (κ1) is 17.4. The number of hydrogen-bond acceptors (Lipinski definition) is 5. The van der Waals surface area contributed by atoms with E-state index in [9.17, 15) is 22.8 Å². The van der Waals surface area contributed by atoms with Gasteiger partial charge in [-0.1, -0.05) is 0 Å². The van der Waals surface area contributed by atoms with Gasteiger partial charge in [-0.15, -0.1) is 0 Å². The molecule has 0 radical (unpaired) electrons. The fraction of sp³-hybridized carbons (Fsp3) is 0.727. The molecule has 8 heteroatoms. The third-order valence-corrected chi connectivity index (χ3v) is 1.49. The van der Waals surface area contributed by atoms with Gasteiger partial charge in [0.1, 0.15) is 6.54 Å². The minimum absolute atomic E-state index is 0.588. The topological polar surface area (TPSA) is 65.0 Å². The summed E-state index contributed by atoms with van der Waals surface area (Å²) in [6.07, 6.45) is -5.80. The summed E-state index contributed by atoms with van der Waals surface area (Å²) in [7, 11) is 0. The minimum atomic E-state index is -4.62. The molecule has 0 rings (SSSR count). The van der Waals surface area contributed by atoms with Gasteiger partial charge >= 0.3 is 18.1 Å². The van der Waals surface area contributed by atoms with Crippen molar-refractivity contribution in [1.82, 2.24) is 0 Å². The first-order valence-electron chi connectivity index (χ1n) is 5.56. The lowest BCUT2D eigenvalue weighted by molar-refractivity contribution is -0.144. The molecule has 0 atom stereocenters. The van der Waals surface area contributed by atoms with Crippen molar-refractivity contribution in [2.24, 2.45) is 4.99 Å². The van der Waals surface area contributed by atoms with Gasteiger partial charge in [0.25, 0.3) is 0 Å². The fourth-order valence-corrected chi connectivity index (χ4v) is 0.921. The maximum Gasteiger partial charge on any atom is 0.407 e. The van der Waals surface area contributed by atoms with Crippen LogP contribution in [0.1, 0.15) is 27.7 Å². The molecule has 0 aliphatic rings. The molecule has 0 saturated heterocycles. The van der Waals surface area contributed by atoms with Crippen LogP contribution in [0.4, 0.5) is 13.2 Å². The lowest BCUT2D eigenvalue weighted by Gasteiger charge is -2.12. The molecule has 0 bridgehead atoms. The number of hydrogen-bond donors (Lipinski definition) is 0. The largest absolute Gasteiger partial charge is 0.458 e. The van der Waals surface area contributed by atoms with Gasteiger partial charge in [0.2, 0.25) is 5.71 Å². The molecular weight excluding hydrogens is 267 g/mol. The van der Waals surface area contributed by atoms with Crippen molar-refractivity contribution < 1.29 is 32.2 Å². The summed E-state index contributed by atoms with van der Waals surface area (Å²) in [4.78, 5) is 25.9. The molecule has 0 spiro atoms. The fourth-order valence-electron chi connectivity index (χ4n) is 0.921. The number of carbonyl (C=O) groups is 2. The molecule has 0 aliphatic carbocycles. The number of esters is 2. The van der Waals surface area contributed by atoms with Crippen LogP contribution in [-0.2, 0) is 19.1 Å². The molecule has 0 aliphatic heterocycles. The Kier molecular flexibility index (Phi) is 6.51. The van der Waals surface area contributed by atoms with Crippen LogP contribution in [0.25, 0.3) is 0 Å². The van der Waals surface area contributed by atoms with Crippen molar-refractivity contribution >= 4 is 17.7 Å². The van der Waals surface area contributed by atoms with Crippen LogP contribution >= 0.6 is 0 Å². The highest BCUT2D eigenvalue weighted by molar-refractivity contribution is 6.62. The molecule has 19 heavy (non-hydrogen) atoms. The highest BCUT2D eigenvalue weighted by Crippen LogP contribution is 2.14. The second kappa shape index (κ2) is 7.10. The molecular formula is C11H16F3NO4. The Hall–Kier alpha value is -1.60. The first-order valence-corrected chi connectivity index (χ1v) is 5.56. The van der Waals surface area contributed by atoms with Crippen molar-refractivity contribution in [3.8, 4) is 0 Å². The third-order valence-electron chi connectivity index (χ3n) is 1.49. The molecule has 110 valence electrons. The zero-order valence-electron chi connectivity index (χ0n) is 11.1. The molecule has 0 aromatic heterocycles. The predicted molar refractivity (Wildman–Crippen MR) is 60.8 cm³/mol. The number of nitrogens with zero attached hydrogens (tertiary/aromatic N) is 1. The van der Waals surface area contributed by atoms with Crippen LogP contribution < -0.4 is 0 Å². The van der Waals surface area contributed by atoms with Crippen molar-refractivity contribution in [2.45, 2.75) is 46.1 Å². The van der Waals surface area contributed by atoms with Crippen LogP contribution in [0.5, 0.6) is 0 Å². The Balaban J connectivity index is 5.03.